The Labute approximate surface area is 263 Å². The molecule has 1 aliphatic rings. The van der Waals surface area contributed by atoms with E-state index in [2.05, 4.69) is 17.4 Å². The molecule has 0 fully saturated rings. The van der Waals surface area contributed by atoms with E-state index in [1.807, 2.05) is 72.8 Å². The molecule has 2 amide bonds. The summed E-state index contributed by atoms with van der Waals surface area (Å²) in [6.45, 7) is 3.96. The van der Waals surface area contributed by atoms with Gasteiger partial charge in [0.1, 0.15) is 0 Å². The van der Waals surface area contributed by atoms with E-state index in [-0.39, 0.29) is 37.4 Å². The zero-order valence-corrected chi connectivity index (χ0v) is 25.6. The zero-order chi connectivity index (χ0) is 31.1. The molecule has 0 aromatic heterocycles. The maximum absolute atomic E-state index is 13.6. The highest BCUT2D eigenvalue weighted by molar-refractivity contribution is 6.30. The van der Waals surface area contributed by atoms with Gasteiger partial charge in [0.2, 0.25) is 5.91 Å². The average molecular weight is 607 g/mol. The van der Waals surface area contributed by atoms with Crippen LogP contribution >= 0.6 is 11.6 Å². The Morgan fingerprint density at radius 1 is 0.909 bits per heavy atom. The highest BCUT2D eigenvalue weighted by atomic mass is 35.5. The summed E-state index contributed by atoms with van der Waals surface area (Å²) < 4.78 is 5.41. The number of benzene rings is 4. The van der Waals surface area contributed by atoms with Crippen LogP contribution < -0.4 is 5.32 Å². The van der Waals surface area contributed by atoms with Gasteiger partial charge >= 0.3 is 5.97 Å². The molecular formula is C37H35ClN2O4. The first-order valence-corrected chi connectivity index (χ1v) is 15.1. The zero-order valence-electron chi connectivity index (χ0n) is 24.8. The van der Waals surface area contributed by atoms with Gasteiger partial charge in [-0.1, -0.05) is 96.5 Å². The van der Waals surface area contributed by atoms with Crippen LogP contribution in [0.4, 0.5) is 0 Å². The first kappa shape index (κ1) is 30.8. The number of rotatable bonds is 10. The fourth-order valence-electron chi connectivity index (χ4n) is 5.71. The molecule has 4 aromatic rings. The molecule has 0 saturated carbocycles. The van der Waals surface area contributed by atoms with Gasteiger partial charge in [0.15, 0.2) is 0 Å². The quantitative estimate of drug-likeness (QED) is 0.191. The minimum absolute atomic E-state index is 0.101. The number of ether oxygens (including phenoxy) is 1. The van der Waals surface area contributed by atoms with E-state index in [0.29, 0.717) is 28.3 Å². The molecule has 5 rings (SSSR count). The van der Waals surface area contributed by atoms with Crippen molar-refractivity contribution in [1.82, 2.24) is 10.2 Å². The molecule has 1 aliphatic heterocycles. The van der Waals surface area contributed by atoms with Gasteiger partial charge in [-0.05, 0) is 66.8 Å². The Balaban J connectivity index is 1.39. The summed E-state index contributed by atoms with van der Waals surface area (Å²) in [4.78, 5) is 41.9. The monoisotopic (exact) mass is 606 g/mol. The number of nitrogens with zero attached hydrogens (tertiary/aromatic N) is 1. The summed E-state index contributed by atoms with van der Waals surface area (Å²) >= 11 is 6.25. The summed E-state index contributed by atoms with van der Waals surface area (Å²) in [6.07, 6.45) is 0.747. The van der Waals surface area contributed by atoms with E-state index < -0.39 is 11.9 Å². The van der Waals surface area contributed by atoms with Gasteiger partial charge in [-0.3, -0.25) is 9.59 Å². The Kier molecular flexibility index (Phi) is 9.93. The second kappa shape index (κ2) is 14.2. The predicted molar refractivity (Wildman–Crippen MR) is 172 cm³/mol. The highest BCUT2D eigenvalue weighted by Crippen LogP contribution is 2.38. The molecule has 7 heteroatoms. The van der Waals surface area contributed by atoms with E-state index >= 15 is 0 Å². The normalized spacial score (nSPS) is 15.6. The fourth-order valence-corrected chi connectivity index (χ4v) is 5.91. The van der Waals surface area contributed by atoms with Crippen molar-refractivity contribution >= 4 is 29.4 Å². The highest BCUT2D eigenvalue weighted by Gasteiger charge is 2.37. The minimum atomic E-state index is -0.465. The van der Waals surface area contributed by atoms with Crippen molar-refractivity contribution in [3.63, 3.8) is 0 Å². The molecule has 6 nitrogen and oxygen atoms in total. The number of halogens is 1. The molecule has 2 atom stereocenters. The molecule has 0 bridgehead atoms. The van der Waals surface area contributed by atoms with Crippen molar-refractivity contribution in [2.24, 2.45) is 0 Å². The Morgan fingerprint density at radius 3 is 2.30 bits per heavy atom. The van der Waals surface area contributed by atoms with Crippen LogP contribution in [0.15, 0.2) is 120 Å². The number of carbonyl (C=O) groups excluding carboxylic acids is 3. The molecule has 44 heavy (non-hydrogen) atoms. The second-order valence-electron chi connectivity index (χ2n) is 10.8. The number of allylic oxidation sites excluding steroid dienone is 1. The largest absolute Gasteiger partial charge is 0.463 e. The molecule has 1 heterocycles. The maximum atomic E-state index is 13.6. The van der Waals surface area contributed by atoms with E-state index in [1.165, 1.54) is 0 Å². The van der Waals surface area contributed by atoms with Gasteiger partial charge in [0.25, 0.3) is 5.91 Å². The third-order valence-corrected chi connectivity index (χ3v) is 8.12. The van der Waals surface area contributed by atoms with Gasteiger partial charge in [0.05, 0.1) is 24.8 Å². The molecule has 0 aliphatic carbocycles. The van der Waals surface area contributed by atoms with Crippen LogP contribution in [0, 0.1) is 0 Å². The lowest BCUT2D eigenvalue weighted by atomic mass is 9.83. The number of esters is 1. The van der Waals surface area contributed by atoms with Gasteiger partial charge in [-0.25, -0.2) is 4.79 Å². The summed E-state index contributed by atoms with van der Waals surface area (Å²) in [5.74, 6) is -1.25. The van der Waals surface area contributed by atoms with Crippen molar-refractivity contribution < 1.29 is 19.1 Å². The minimum Gasteiger partial charge on any atom is -0.463 e. The van der Waals surface area contributed by atoms with Crippen molar-refractivity contribution in [3.8, 4) is 0 Å². The first-order valence-electron chi connectivity index (χ1n) is 14.8. The summed E-state index contributed by atoms with van der Waals surface area (Å²) in [6, 6.07) is 34.2. The third kappa shape index (κ3) is 7.26. The number of hydrogen-bond acceptors (Lipinski definition) is 4. The molecule has 224 valence electrons. The number of amides is 2. The SMILES string of the molecule is CCOC(=O)C1=C(C)N(Cc2cccc(C(=O)N[C@@H](Cc3ccccc3)c3ccccc3)c2)C(=O)C[C@H]1c1cccc(Cl)c1. The second-order valence-corrected chi connectivity index (χ2v) is 11.3. The molecule has 0 spiro atoms. The number of carbonyl (C=O) groups is 3. The van der Waals surface area contributed by atoms with Crippen LogP contribution in [0.2, 0.25) is 5.02 Å². The summed E-state index contributed by atoms with van der Waals surface area (Å²) in [5, 5.41) is 3.74. The van der Waals surface area contributed by atoms with Gasteiger partial charge < -0.3 is 15.0 Å². The molecule has 0 unspecified atom stereocenters. The molecule has 0 radical (unpaired) electrons. The van der Waals surface area contributed by atoms with Gasteiger partial charge in [-0.15, -0.1) is 0 Å². The molecular weight excluding hydrogens is 572 g/mol. The van der Waals surface area contributed by atoms with Crippen LogP contribution in [0.25, 0.3) is 0 Å². The van der Waals surface area contributed by atoms with Crippen LogP contribution in [-0.2, 0) is 27.3 Å². The lowest BCUT2D eigenvalue weighted by molar-refractivity contribution is -0.140. The Morgan fingerprint density at radius 2 is 1.59 bits per heavy atom. The van der Waals surface area contributed by atoms with Crippen molar-refractivity contribution in [1.29, 1.82) is 0 Å². The number of nitrogens with one attached hydrogen (secondary N) is 1. The van der Waals surface area contributed by atoms with E-state index in [0.717, 1.165) is 22.3 Å². The third-order valence-electron chi connectivity index (χ3n) is 7.89. The molecule has 4 aromatic carbocycles. The van der Waals surface area contributed by atoms with E-state index in [4.69, 9.17) is 16.3 Å². The Hall–Kier alpha value is -4.68. The average Bonchev–Trinajstić information content (AvgIpc) is 3.03. The maximum Gasteiger partial charge on any atom is 0.336 e. The molecule has 1 N–H and O–H groups in total. The fraction of sp³-hybridized carbons (Fsp3) is 0.216. The lowest BCUT2D eigenvalue weighted by Crippen LogP contribution is -2.38. The lowest BCUT2D eigenvalue weighted by Gasteiger charge is -2.34. The van der Waals surface area contributed by atoms with E-state index in [1.54, 1.807) is 43.0 Å². The van der Waals surface area contributed by atoms with Crippen molar-refractivity contribution in [2.75, 3.05) is 6.61 Å². The summed E-state index contributed by atoms with van der Waals surface area (Å²) in [5.41, 5.74) is 5.16. The molecule has 0 saturated heterocycles. The smallest absolute Gasteiger partial charge is 0.336 e. The van der Waals surface area contributed by atoms with Crippen molar-refractivity contribution in [2.45, 2.75) is 45.2 Å². The number of hydrogen-bond donors (Lipinski definition) is 1. The van der Waals surface area contributed by atoms with Gasteiger partial charge in [0, 0.05) is 28.6 Å². The topological polar surface area (TPSA) is 75.7 Å². The van der Waals surface area contributed by atoms with E-state index in [9.17, 15) is 14.4 Å². The van der Waals surface area contributed by atoms with Gasteiger partial charge in [-0.2, -0.15) is 0 Å². The Bertz CT molecular complexity index is 1670. The van der Waals surface area contributed by atoms with Crippen molar-refractivity contribution in [3.05, 3.63) is 153 Å². The van der Waals surface area contributed by atoms with Crippen LogP contribution in [0.1, 0.15) is 64.8 Å². The van der Waals surface area contributed by atoms with Crippen LogP contribution in [-0.4, -0.2) is 29.3 Å². The van der Waals surface area contributed by atoms with Crippen LogP contribution in [0.5, 0.6) is 0 Å². The predicted octanol–water partition coefficient (Wildman–Crippen LogP) is 7.41. The summed E-state index contributed by atoms with van der Waals surface area (Å²) in [7, 11) is 0. The standard InChI is InChI=1S/C37H35ClN2O4/c1-3-44-37(43)35-25(2)40(34(41)23-32(35)29-17-11-19-31(38)22-29)24-27-14-10-18-30(20-27)36(42)39-33(28-15-8-5-9-16-28)21-26-12-6-4-7-13-26/h4-20,22,32-33H,3,21,23-24H2,1-2H3,(H,39,42)/t32-,33-/m0/s1. The van der Waals surface area contributed by atoms with Crippen LogP contribution in [0.3, 0.4) is 0 Å². The first-order chi connectivity index (χ1) is 21.3.